The highest BCUT2D eigenvalue weighted by Crippen LogP contribution is 2.28. The molecular formula is C23H25F2N5. The number of hydrogen-bond acceptors (Lipinski definition) is 5. The smallest absolute Gasteiger partial charge is 0.272 e. The number of nitrogens with one attached hydrogen (secondary N) is 1. The van der Waals surface area contributed by atoms with Crippen molar-refractivity contribution in [3.8, 4) is 0 Å². The van der Waals surface area contributed by atoms with Gasteiger partial charge in [-0.05, 0) is 48.2 Å². The molecule has 1 saturated heterocycles. The number of halogens is 2. The molecule has 0 bridgehead atoms. The first-order chi connectivity index (χ1) is 14.5. The summed E-state index contributed by atoms with van der Waals surface area (Å²) in [5.41, 5.74) is 10.5. The molecule has 1 aliphatic heterocycles. The summed E-state index contributed by atoms with van der Waals surface area (Å²) in [7, 11) is 0. The highest BCUT2D eigenvalue weighted by molar-refractivity contribution is 6.10. The number of nitrogens with zero attached hydrogens (tertiary/aromatic N) is 3. The number of benzene rings is 1. The van der Waals surface area contributed by atoms with Crippen LogP contribution in [0.4, 0.5) is 14.5 Å². The monoisotopic (exact) mass is 409 g/mol. The van der Waals surface area contributed by atoms with Crippen molar-refractivity contribution >= 4 is 23.6 Å². The van der Waals surface area contributed by atoms with Gasteiger partial charge in [0.15, 0.2) is 0 Å². The summed E-state index contributed by atoms with van der Waals surface area (Å²) in [5.74, 6) is -2.53. The van der Waals surface area contributed by atoms with Crippen LogP contribution in [-0.2, 0) is 6.54 Å². The molecule has 0 spiro atoms. The molecule has 0 unspecified atom stereocenters. The van der Waals surface area contributed by atoms with E-state index in [4.69, 9.17) is 5.73 Å². The van der Waals surface area contributed by atoms with Crippen LogP contribution in [0.25, 0.3) is 11.6 Å². The molecule has 30 heavy (non-hydrogen) atoms. The molecule has 5 nitrogen and oxygen atoms in total. The number of pyridine rings is 1. The van der Waals surface area contributed by atoms with Gasteiger partial charge in [0.05, 0.1) is 19.1 Å². The highest BCUT2D eigenvalue weighted by Gasteiger charge is 2.43. The number of alkyl halides is 2. The van der Waals surface area contributed by atoms with Gasteiger partial charge in [-0.15, -0.1) is 0 Å². The third-order valence-corrected chi connectivity index (χ3v) is 5.10. The predicted octanol–water partition coefficient (Wildman–Crippen LogP) is 4.15. The van der Waals surface area contributed by atoms with Crippen LogP contribution in [0.2, 0.25) is 0 Å². The Balaban J connectivity index is 1.36. The molecule has 1 aromatic carbocycles. The molecule has 156 valence electrons. The third kappa shape index (κ3) is 5.30. The molecule has 0 amide bonds. The van der Waals surface area contributed by atoms with E-state index < -0.39 is 5.92 Å². The SMILES string of the molecule is NC=C(C=NC1CC1)c1ccncc1/C=C/Nc1ccc(CN2CC(F)(F)C2)cc1. The first kappa shape index (κ1) is 20.2. The van der Waals surface area contributed by atoms with Gasteiger partial charge in [-0.3, -0.25) is 14.9 Å². The summed E-state index contributed by atoms with van der Waals surface area (Å²) >= 11 is 0. The zero-order chi connectivity index (χ0) is 21.0. The lowest BCUT2D eigenvalue weighted by atomic mass is 10.0. The molecule has 2 fully saturated rings. The topological polar surface area (TPSA) is 66.5 Å². The molecule has 1 aliphatic carbocycles. The molecular weight excluding hydrogens is 384 g/mol. The molecule has 7 heteroatoms. The highest BCUT2D eigenvalue weighted by atomic mass is 19.3. The Labute approximate surface area is 175 Å². The van der Waals surface area contributed by atoms with Gasteiger partial charge in [-0.1, -0.05) is 12.1 Å². The van der Waals surface area contributed by atoms with Gasteiger partial charge in [0.25, 0.3) is 5.92 Å². The molecule has 1 saturated carbocycles. The van der Waals surface area contributed by atoms with E-state index >= 15 is 0 Å². The Bertz CT molecular complexity index is 954. The summed E-state index contributed by atoms with van der Waals surface area (Å²) in [5, 5.41) is 3.23. The number of hydrogen-bond donors (Lipinski definition) is 2. The van der Waals surface area contributed by atoms with E-state index in [-0.39, 0.29) is 13.1 Å². The number of rotatable bonds is 8. The van der Waals surface area contributed by atoms with Gasteiger partial charge >= 0.3 is 0 Å². The normalized spacial score (nSPS) is 19.3. The standard InChI is InChI=1S/C23H25F2N5/c24-23(25)15-30(16-23)14-17-1-3-20(4-2-17)28-10-7-18-12-27-9-8-22(18)19(11-26)13-29-21-5-6-21/h1-4,7-13,21,28H,5-6,14-16,26H2/b10-7+,19-11?,29-13?. The van der Waals surface area contributed by atoms with E-state index in [0.29, 0.717) is 12.6 Å². The number of allylic oxidation sites excluding steroid dienone is 1. The fourth-order valence-corrected chi connectivity index (χ4v) is 3.33. The van der Waals surface area contributed by atoms with Crippen LogP contribution < -0.4 is 11.1 Å². The van der Waals surface area contributed by atoms with E-state index in [0.717, 1.165) is 40.8 Å². The number of nitrogens with two attached hydrogens (primary N) is 1. The van der Waals surface area contributed by atoms with Crippen molar-refractivity contribution in [1.29, 1.82) is 0 Å². The lowest BCUT2D eigenvalue weighted by Gasteiger charge is -2.38. The van der Waals surface area contributed by atoms with E-state index in [1.54, 1.807) is 23.5 Å². The van der Waals surface area contributed by atoms with Crippen molar-refractivity contribution in [1.82, 2.24) is 9.88 Å². The maximum absolute atomic E-state index is 12.9. The van der Waals surface area contributed by atoms with Crippen LogP contribution in [0, 0.1) is 0 Å². The fraction of sp³-hybridized carbons (Fsp3) is 0.304. The largest absolute Gasteiger partial charge is 0.404 e. The van der Waals surface area contributed by atoms with Crippen LogP contribution >= 0.6 is 0 Å². The van der Waals surface area contributed by atoms with Gasteiger partial charge in [0.2, 0.25) is 0 Å². The van der Waals surface area contributed by atoms with Crippen molar-refractivity contribution in [2.45, 2.75) is 31.4 Å². The molecule has 4 rings (SSSR count). The fourth-order valence-electron chi connectivity index (χ4n) is 3.33. The zero-order valence-corrected chi connectivity index (χ0v) is 16.6. The lowest BCUT2D eigenvalue weighted by molar-refractivity contribution is -0.133. The van der Waals surface area contributed by atoms with Gasteiger partial charge in [-0.25, -0.2) is 8.78 Å². The molecule has 0 atom stereocenters. The van der Waals surface area contributed by atoms with Crippen LogP contribution in [0.5, 0.6) is 0 Å². The second-order valence-electron chi connectivity index (χ2n) is 7.77. The van der Waals surface area contributed by atoms with Crippen LogP contribution in [-0.4, -0.2) is 41.2 Å². The summed E-state index contributed by atoms with van der Waals surface area (Å²) < 4.78 is 25.9. The van der Waals surface area contributed by atoms with E-state index in [9.17, 15) is 8.78 Å². The van der Waals surface area contributed by atoms with E-state index in [2.05, 4.69) is 15.3 Å². The van der Waals surface area contributed by atoms with Gasteiger partial charge in [0, 0.05) is 54.4 Å². The van der Waals surface area contributed by atoms with Crippen molar-refractivity contribution in [2.24, 2.45) is 10.7 Å². The molecule has 1 aromatic heterocycles. The van der Waals surface area contributed by atoms with Crippen LogP contribution in [0.15, 0.2) is 60.1 Å². The van der Waals surface area contributed by atoms with Gasteiger partial charge < -0.3 is 11.1 Å². The quantitative estimate of drug-likeness (QED) is 0.643. The van der Waals surface area contributed by atoms with Crippen LogP contribution in [0.1, 0.15) is 29.5 Å². The molecule has 2 aliphatic rings. The number of anilines is 1. The molecule has 0 radical (unpaired) electrons. The predicted molar refractivity (Wildman–Crippen MR) is 117 cm³/mol. The maximum Gasteiger partial charge on any atom is 0.272 e. The molecule has 2 heterocycles. The molecule has 3 N–H and O–H groups in total. The van der Waals surface area contributed by atoms with Crippen molar-refractivity contribution in [2.75, 3.05) is 18.4 Å². The van der Waals surface area contributed by atoms with Crippen molar-refractivity contribution < 1.29 is 8.78 Å². The van der Waals surface area contributed by atoms with Crippen molar-refractivity contribution in [3.05, 3.63) is 71.8 Å². The molecule has 2 aromatic rings. The second-order valence-corrected chi connectivity index (χ2v) is 7.77. The lowest BCUT2D eigenvalue weighted by Crippen LogP contribution is -2.55. The third-order valence-electron chi connectivity index (χ3n) is 5.10. The zero-order valence-electron chi connectivity index (χ0n) is 16.6. The van der Waals surface area contributed by atoms with Crippen LogP contribution in [0.3, 0.4) is 0 Å². The minimum absolute atomic E-state index is 0.159. The van der Waals surface area contributed by atoms with E-state index in [1.165, 1.54) is 0 Å². The number of aliphatic imine (C=N–C) groups is 1. The number of likely N-dealkylation sites (tertiary alicyclic amines) is 1. The summed E-state index contributed by atoms with van der Waals surface area (Å²) in [6, 6.07) is 10.1. The second kappa shape index (κ2) is 8.75. The Kier molecular flexibility index (Phi) is 5.90. The van der Waals surface area contributed by atoms with Gasteiger partial charge in [0.1, 0.15) is 0 Å². The average molecular weight is 409 g/mol. The summed E-state index contributed by atoms with van der Waals surface area (Å²) in [4.78, 5) is 10.5. The summed E-state index contributed by atoms with van der Waals surface area (Å²) in [6.07, 6.45) is 13.0. The van der Waals surface area contributed by atoms with Gasteiger partial charge in [-0.2, -0.15) is 0 Å². The van der Waals surface area contributed by atoms with E-state index in [1.807, 2.05) is 48.8 Å². The maximum atomic E-state index is 12.9. The Morgan fingerprint density at radius 2 is 2.00 bits per heavy atom. The average Bonchev–Trinajstić information content (AvgIpc) is 3.54. The first-order valence-electron chi connectivity index (χ1n) is 10.0. The Hall–Kier alpha value is -3.06. The van der Waals surface area contributed by atoms with Crippen molar-refractivity contribution in [3.63, 3.8) is 0 Å². The minimum atomic E-state index is -2.53. The summed E-state index contributed by atoms with van der Waals surface area (Å²) in [6.45, 7) is 0.225. The first-order valence-corrected chi connectivity index (χ1v) is 10.0. The number of aromatic nitrogens is 1. The Morgan fingerprint density at radius 3 is 2.67 bits per heavy atom. The minimum Gasteiger partial charge on any atom is -0.404 e. The Morgan fingerprint density at radius 1 is 1.23 bits per heavy atom.